The molecule has 7 nitrogen and oxygen atoms in total. The van der Waals surface area contributed by atoms with Crippen LogP contribution >= 0.6 is 0 Å². The van der Waals surface area contributed by atoms with Gasteiger partial charge in [-0.2, -0.15) is 0 Å². The molecule has 0 unspecified atom stereocenters. The predicted molar refractivity (Wildman–Crippen MR) is 100 cm³/mol. The average molecular weight is 375 g/mol. The maximum atomic E-state index is 12.6. The zero-order valence-electron chi connectivity index (χ0n) is 16.1. The van der Waals surface area contributed by atoms with Crippen LogP contribution in [0.2, 0.25) is 0 Å². The van der Waals surface area contributed by atoms with E-state index in [1.807, 2.05) is 26.8 Å². The number of carbonyl (C=O) groups excluding carboxylic acids is 1. The molecule has 0 spiro atoms. The Morgan fingerprint density at radius 1 is 1.26 bits per heavy atom. The van der Waals surface area contributed by atoms with Gasteiger partial charge in [0.25, 0.3) is 5.91 Å². The number of benzene rings is 1. The van der Waals surface area contributed by atoms with Crippen molar-refractivity contribution in [3.05, 3.63) is 39.2 Å². The van der Waals surface area contributed by atoms with Gasteiger partial charge in [-0.25, -0.2) is 4.79 Å². The highest BCUT2D eigenvalue weighted by atomic mass is 16.5. The first-order valence-corrected chi connectivity index (χ1v) is 9.01. The number of aliphatic hydroxyl groups is 1. The summed E-state index contributed by atoms with van der Waals surface area (Å²) in [6, 6.07) is 3.62. The van der Waals surface area contributed by atoms with Crippen LogP contribution < -0.4 is 10.4 Å². The lowest BCUT2D eigenvalue weighted by Gasteiger charge is -2.36. The number of aliphatic hydroxyl groups excluding tert-OH is 1. The molecule has 0 bridgehead atoms. The number of rotatable bonds is 4. The third-order valence-corrected chi connectivity index (χ3v) is 4.89. The first kappa shape index (κ1) is 19.4. The van der Waals surface area contributed by atoms with Gasteiger partial charge >= 0.3 is 5.63 Å². The molecule has 1 fully saturated rings. The Bertz CT molecular complexity index is 919. The lowest BCUT2D eigenvalue weighted by molar-refractivity contribution is -0.149. The molecular weight excluding hydrogens is 350 g/mol. The van der Waals surface area contributed by atoms with E-state index in [0.717, 1.165) is 11.1 Å². The molecule has 3 rings (SSSR count). The van der Waals surface area contributed by atoms with Gasteiger partial charge in [0.2, 0.25) is 0 Å². The molecule has 7 heteroatoms. The zero-order valence-corrected chi connectivity index (χ0v) is 16.1. The number of morpholine rings is 1. The second kappa shape index (κ2) is 7.70. The summed E-state index contributed by atoms with van der Waals surface area (Å²) >= 11 is 0. The van der Waals surface area contributed by atoms with Crippen LogP contribution in [0, 0.1) is 20.8 Å². The van der Waals surface area contributed by atoms with Crippen molar-refractivity contribution in [1.29, 1.82) is 0 Å². The smallest absolute Gasteiger partial charge is 0.339 e. The molecule has 1 amide bonds. The van der Waals surface area contributed by atoms with Gasteiger partial charge in [-0.15, -0.1) is 0 Å². The third-order valence-electron chi connectivity index (χ3n) is 4.89. The highest BCUT2D eigenvalue weighted by molar-refractivity contribution is 5.88. The molecule has 0 aliphatic carbocycles. The largest absolute Gasteiger partial charge is 0.483 e. The van der Waals surface area contributed by atoms with E-state index in [1.54, 1.807) is 17.9 Å². The standard InChI is InChI=1S/C20H25NO6/c1-11-5-16(19-13(3)14(4)20(24)27-17(19)6-11)25-10-18(23)21-7-12(2)26-15(8-21)9-22/h5-6,12,15,22H,7-10H2,1-4H3/t12-,15+/m1/s1. The van der Waals surface area contributed by atoms with Gasteiger partial charge in [0.1, 0.15) is 11.3 Å². The van der Waals surface area contributed by atoms with Gasteiger partial charge in [-0.3, -0.25) is 4.79 Å². The molecule has 27 heavy (non-hydrogen) atoms. The third kappa shape index (κ3) is 3.99. The van der Waals surface area contributed by atoms with E-state index in [9.17, 15) is 14.7 Å². The van der Waals surface area contributed by atoms with Crippen molar-refractivity contribution in [3.8, 4) is 5.75 Å². The van der Waals surface area contributed by atoms with Crippen molar-refractivity contribution < 1.29 is 23.8 Å². The summed E-state index contributed by atoms with van der Waals surface area (Å²) in [6.45, 7) is 7.82. The van der Waals surface area contributed by atoms with E-state index < -0.39 is 0 Å². The molecule has 1 N–H and O–H groups in total. The summed E-state index contributed by atoms with van der Waals surface area (Å²) in [5.74, 6) is 0.340. The predicted octanol–water partition coefficient (Wildman–Crippen LogP) is 1.71. The summed E-state index contributed by atoms with van der Waals surface area (Å²) in [4.78, 5) is 26.2. The van der Waals surface area contributed by atoms with Gasteiger partial charge in [-0.05, 0) is 51.0 Å². The zero-order chi connectivity index (χ0) is 19.7. The van der Waals surface area contributed by atoms with Crippen molar-refractivity contribution in [2.45, 2.75) is 39.9 Å². The van der Waals surface area contributed by atoms with Crippen LogP contribution in [-0.2, 0) is 9.53 Å². The van der Waals surface area contributed by atoms with E-state index in [2.05, 4.69) is 0 Å². The maximum Gasteiger partial charge on any atom is 0.339 e. The van der Waals surface area contributed by atoms with Gasteiger partial charge in [0, 0.05) is 18.7 Å². The van der Waals surface area contributed by atoms with Crippen LogP contribution in [0.4, 0.5) is 0 Å². The van der Waals surface area contributed by atoms with E-state index in [0.29, 0.717) is 35.4 Å². The number of fused-ring (bicyclic) bond motifs is 1. The summed E-state index contributed by atoms with van der Waals surface area (Å²) in [5.41, 5.74) is 2.26. The van der Waals surface area contributed by atoms with Crippen molar-refractivity contribution in [1.82, 2.24) is 4.90 Å². The molecule has 0 radical (unpaired) electrons. The second-order valence-electron chi connectivity index (χ2n) is 7.11. The Kier molecular flexibility index (Phi) is 5.53. The molecule has 2 atom stereocenters. The fourth-order valence-corrected chi connectivity index (χ4v) is 3.38. The van der Waals surface area contributed by atoms with Gasteiger partial charge in [0.15, 0.2) is 6.61 Å². The summed E-state index contributed by atoms with van der Waals surface area (Å²) < 4.78 is 16.8. The van der Waals surface area contributed by atoms with E-state index in [1.165, 1.54) is 0 Å². The number of aryl methyl sites for hydroxylation is 2. The van der Waals surface area contributed by atoms with Crippen LogP contribution in [0.3, 0.4) is 0 Å². The normalized spacial score (nSPS) is 20.1. The Morgan fingerprint density at radius 2 is 2.00 bits per heavy atom. The van der Waals surface area contributed by atoms with Crippen LogP contribution in [0.1, 0.15) is 23.6 Å². The lowest BCUT2D eigenvalue weighted by Crippen LogP contribution is -2.51. The van der Waals surface area contributed by atoms with E-state index in [-0.39, 0.29) is 37.0 Å². The Balaban J connectivity index is 1.83. The number of nitrogens with zero attached hydrogens (tertiary/aromatic N) is 1. The molecule has 1 aliphatic heterocycles. The minimum Gasteiger partial charge on any atom is -0.483 e. The molecular formula is C20H25NO6. The van der Waals surface area contributed by atoms with Crippen LogP contribution in [0.25, 0.3) is 11.0 Å². The van der Waals surface area contributed by atoms with Gasteiger partial charge < -0.3 is 23.9 Å². The fourth-order valence-electron chi connectivity index (χ4n) is 3.38. The van der Waals surface area contributed by atoms with Crippen LogP contribution in [0.5, 0.6) is 5.75 Å². The van der Waals surface area contributed by atoms with Crippen molar-refractivity contribution in [2.24, 2.45) is 0 Å². The number of amides is 1. The molecule has 1 saturated heterocycles. The van der Waals surface area contributed by atoms with Gasteiger partial charge in [0.05, 0.1) is 24.2 Å². The average Bonchev–Trinajstić information content (AvgIpc) is 2.63. The van der Waals surface area contributed by atoms with E-state index >= 15 is 0 Å². The van der Waals surface area contributed by atoms with E-state index in [4.69, 9.17) is 13.9 Å². The van der Waals surface area contributed by atoms with Crippen LogP contribution in [-0.4, -0.2) is 54.4 Å². The number of ether oxygens (including phenoxy) is 2. The number of carbonyl (C=O) groups is 1. The second-order valence-corrected chi connectivity index (χ2v) is 7.11. The number of hydrogen-bond donors (Lipinski definition) is 1. The highest BCUT2D eigenvalue weighted by Crippen LogP contribution is 2.31. The topological polar surface area (TPSA) is 89.2 Å². The highest BCUT2D eigenvalue weighted by Gasteiger charge is 2.28. The van der Waals surface area contributed by atoms with Crippen molar-refractivity contribution >= 4 is 16.9 Å². The Morgan fingerprint density at radius 3 is 2.70 bits per heavy atom. The monoisotopic (exact) mass is 375 g/mol. The molecule has 1 aromatic carbocycles. The molecule has 1 aromatic heterocycles. The molecule has 1 aliphatic rings. The number of hydrogen-bond acceptors (Lipinski definition) is 6. The molecule has 146 valence electrons. The molecule has 0 saturated carbocycles. The SMILES string of the molecule is Cc1cc(OCC(=O)N2C[C@@H](CO)O[C@H](C)C2)c2c(C)c(C)c(=O)oc2c1. The Hall–Kier alpha value is -2.38. The lowest BCUT2D eigenvalue weighted by atomic mass is 10.0. The van der Waals surface area contributed by atoms with Gasteiger partial charge in [-0.1, -0.05) is 0 Å². The fraction of sp³-hybridized carbons (Fsp3) is 0.500. The maximum absolute atomic E-state index is 12.6. The van der Waals surface area contributed by atoms with Crippen LogP contribution in [0.15, 0.2) is 21.3 Å². The minimum atomic E-state index is -0.378. The van der Waals surface area contributed by atoms with Crippen molar-refractivity contribution in [2.75, 3.05) is 26.3 Å². The first-order valence-electron chi connectivity index (χ1n) is 9.01. The van der Waals surface area contributed by atoms with Crippen molar-refractivity contribution in [3.63, 3.8) is 0 Å². The summed E-state index contributed by atoms with van der Waals surface area (Å²) in [7, 11) is 0. The minimum absolute atomic E-state index is 0.130. The quantitative estimate of drug-likeness (QED) is 0.819. The summed E-state index contributed by atoms with van der Waals surface area (Å²) in [6.07, 6.45) is -0.518. The molecule has 2 aromatic rings. The molecule has 2 heterocycles. The summed E-state index contributed by atoms with van der Waals surface area (Å²) in [5, 5.41) is 10.0. The first-order chi connectivity index (χ1) is 12.8. The Labute approximate surface area is 157 Å².